The molecule has 3 amide bonds. The predicted molar refractivity (Wildman–Crippen MR) is 114 cm³/mol. The second-order valence-electron chi connectivity index (χ2n) is 7.01. The maximum atomic E-state index is 12.9. The van der Waals surface area contributed by atoms with Crippen molar-refractivity contribution in [2.45, 2.75) is 46.3 Å². The summed E-state index contributed by atoms with van der Waals surface area (Å²) in [5.74, 6) is 0.944. The number of nitrogens with zero attached hydrogens (tertiary/aromatic N) is 2. The van der Waals surface area contributed by atoms with Gasteiger partial charge in [0.05, 0.1) is 20.8 Å². The lowest BCUT2D eigenvalue weighted by Gasteiger charge is -2.26. The summed E-state index contributed by atoms with van der Waals surface area (Å²) in [6, 6.07) is 4.85. The molecule has 0 spiro atoms. The Labute approximate surface area is 175 Å². The van der Waals surface area contributed by atoms with Gasteiger partial charge in [-0.3, -0.25) is 4.79 Å². The average Bonchev–Trinajstić information content (AvgIpc) is 3.13. The summed E-state index contributed by atoms with van der Waals surface area (Å²) in [6.45, 7) is 7.93. The number of carbonyl (C=O) groups is 2. The van der Waals surface area contributed by atoms with E-state index in [1.807, 2.05) is 27.7 Å². The number of hydrogen-bond acceptors (Lipinski definition) is 6. The van der Waals surface area contributed by atoms with Crippen molar-refractivity contribution in [3.63, 3.8) is 0 Å². The third kappa shape index (κ3) is 6.35. The van der Waals surface area contributed by atoms with Crippen molar-refractivity contribution in [3.05, 3.63) is 34.3 Å². The predicted octanol–water partition coefficient (Wildman–Crippen LogP) is 3.74. The third-order valence-electron chi connectivity index (χ3n) is 4.00. The standard InChI is InChI=1S/C20H28N4O4S/c1-12(2)21-19(25)17-11-29-18(23-17)10-24(13(3)4)20(26)22-14-7-15(27-5)9-16(8-14)28-6/h7-9,11-13H,10H2,1-6H3,(H,21,25)(H,22,26). The molecule has 1 aromatic heterocycles. The molecule has 0 saturated heterocycles. The van der Waals surface area contributed by atoms with Crippen LogP contribution in [0.2, 0.25) is 0 Å². The van der Waals surface area contributed by atoms with E-state index in [0.29, 0.717) is 34.4 Å². The highest BCUT2D eigenvalue weighted by Crippen LogP contribution is 2.26. The lowest BCUT2D eigenvalue weighted by molar-refractivity contribution is 0.0938. The van der Waals surface area contributed by atoms with Crippen molar-refractivity contribution in [1.82, 2.24) is 15.2 Å². The smallest absolute Gasteiger partial charge is 0.322 e. The van der Waals surface area contributed by atoms with Gasteiger partial charge in [-0.25, -0.2) is 9.78 Å². The SMILES string of the molecule is COc1cc(NC(=O)N(Cc2nc(C(=O)NC(C)C)cs2)C(C)C)cc(OC)c1. The van der Waals surface area contributed by atoms with Gasteiger partial charge in [-0.15, -0.1) is 11.3 Å². The molecular weight excluding hydrogens is 392 g/mol. The van der Waals surface area contributed by atoms with Crippen LogP contribution in [-0.4, -0.2) is 48.1 Å². The zero-order valence-electron chi connectivity index (χ0n) is 17.6. The molecule has 0 unspecified atom stereocenters. The van der Waals surface area contributed by atoms with Crippen molar-refractivity contribution in [3.8, 4) is 11.5 Å². The number of thiazole rings is 1. The van der Waals surface area contributed by atoms with Gasteiger partial charge in [0.15, 0.2) is 0 Å². The van der Waals surface area contributed by atoms with Gasteiger partial charge in [-0.2, -0.15) is 0 Å². The number of rotatable bonds is 8. The summed E-state index contributed by atoms with van der Waals surface area (Å²) in [4.78, 5) is 31.0. The molecule has 1 aromatic carbocycles. The lowest BCUT2D eigenvalue weighted by Crippen LogP contribution is -2.39. The van der Waals surface area contributed by atoms with Crippen LogP contribution in [0.25, 0.3) is 0 Å². The Morgan fingerprint density at radius 2 is 1.72 bits per heavy atom. The van der Waals surface area contributed by atoms with Crippen LogP contribution in [0.5, 0.6) is 11.5 Å². The van der Waals surface area contributed by atoms with E-state index >= 15 is 0 Å². The van der Waals surface area contributed by atoms with Crippen molar-refractivity contribution in [2.75, 3.05) is 19.5 Å². The molecule has 0 bridgehead atoms. The fraction of sp³-hybridized carbons (Fsp3) is 0.450. The van der Waals surface area contributed by atoms with Crippen LogP contribution in [0, 0.1) is 0 Å². The van der Waals surface area contributed by atoms with Gasteiger partial charge >= 0.3 is 6.03 Å². The number of anilines is 1. The average molecular weight is 421 g/mol. The van der Waals surface area contributed by atoms with Crippen LogP contribution >= 0.6 is 11.3 Å². The Balaban J connectivity index is 2.13. The number of urea groups is 1. The highest BCUT2D eigenvalue weighted by Gasteiger charge is 2.21. The monoisotopic (exact) mass is 420 g/mol. The third-order valence-corrected chi connectivity index (χ3v) is 4.83. The summed E-state index contributed by atoms with van der Waals surface area (Å²) < 4.78 is 10.5. The molecule has 2 rings (SSSR count). The Kier molecular flexibility index (Phi) is 7.83. The molecule has 9 heteroatoms. The van der Waals surface area contributed by atoms with Gasteiger partial charge in [-0.1, -0.05) is 0 Å². The van der Waals surface area contributed by atoms with E-state index in [9.17, 15) is 9.59 Å². The largest absolute Gasteiger partial charge is 0.497 e. The van der Waals surface area contributed by atoms with Crippen molar-refractivity contribution in [2.24, 2.45) is 0 Å². The van der Waals surface area contributed by atoms with E-state index in [1.165, 1.54) is 11.3 Å². The molecule has 0 fully saturated rings. The van der Waals surface area contributed by atoms with Crippen LogP contribution in [0.1, 0.15) is 43.2 Å². The first-order valence-corrected chi connectivity index (χ1v) is 10.2. The van der Waals surface area contributed by atoms with Gasteiger partial charge in [0.1, 0.15) is 22.2 Å². The van der Waals surface area contributed by atoms with Crippen molar-refractivity contribution >= 4 is 29.0 Å². The minimum absolute atomic E-state index is 0.0328. The summed E-state index contributed by atoms with van der Waals surface area (Å²) in [5.41, 5.74) is 0.924. The molecule has 0 aliphatic heterocycles. The molecule has 1 heterocycles. The second-order valence-corrected chi connectivity index (χ2v) is 7.95. The zero-order valence-corrected chi connectivity index (χ0v) is 18.4. The van der Waals surface area contributed by atoms with Crippen molar-refractivity contribution in [1.29, 1.82) is 0 Å². The zero-order chi connectivity index (χ0) is 21.6. The first-order valence-electron chi connectivity index (χ1n) is 9.29. The molecule has 0 aliphatic carbocycles. The van der Waals surface area contributed by atoms with Crippen LogP contribution in [0.4, 0.5) is 10.5 Å². The summed E-state index contributed by atoms with van der Waals surface area (Å²) in [7, 11) is 3.10. The van der Waals surface area contributed by atoms with Gasteiger partial charge < -0.3 is 25.0 Å². The van der Waals surface area contributed by atoms with Gasteiger partial charge in [-0.05, 0) is 27.7 Å². The topological polar surface area (TPSA) is 92.8 Å². The maximum absolute atomic E-state index is 12.9. The number of ether oxygens (including phenoxy) is 2. The minimum Gasteiger partial charge on any atom is -0.497 e. The molecule has 0 saturated carbocycles. The van der Waals surface area contributed by atoms with E-state index < -0.39 is 0 Å². The molecular formula is C20H28N4O4S. The Hall–Kier alpha value is -2.81. The number of methoxy groups -OCH3 is 2. The fourth-order valence-electron chi connectivity index (χ4n) is 2.53. The number of amides is 3. The Morgan fingerprint density at radius 3 is 2.24 bits per heavy atom. The highest BCUT2D eigenvalue weighted by molar-refractivity contribution is 7.09. The van der Waals surface area contributed by atoms with Gasteiger partial charge in [0.25, 0.3) is 5.91 Å². The van der Waals surface area contributed by atoms with E-state index in [2.05, 4.69) is 15.6 Å². The Morgan fingerprint density at radius 1 is 1.10 bits per heavy atom. The molecule has 158 valence electrons. The van der Waals surface area contributed by atoms with Crippen LogP contribution < -0.4 is 20.1 Å². The molecule has 2 N–H and O–H groups in total. The molecule has 0 radical (unpaired) electrons. The van der Waals surface area contributed by atoms with Crippen molar-refractivity contribution < 1.29 is 19.1 Å². The number of hydrogen-bond donors (Lipinski definition) is 2. The minimum atomic E-state index is -0.279. The molecule has 29 heavy (non-hydrogen) atoms. The number of benzene rings is 1. The Bertz CT molecular complexity index is 829. The summed E-state index contributed by atoms with van der Waals surface area (Å²) in [5, 5.41) is 8.08. The quantitative estimate of drug-likeness (QED) is 0.679. The maximum Gasteiger partial charge on any atom is 0.322 e. The van der Waals surface area contributed by atoms with E-state index in [1.54, 1.807) is 42.7 Å². The first kappa shape index (κ1) is 22.5. The van der Waals surface area contributed by atoms with Gasteiger partial charge in [0, 0.05) is 41.4 Å². The van der Waals surface area contributed by atoms with E-state index in [-0.39, 0.29) is 24.0 Å². The van der Waals surface area contributed by atoms with E-state index in [4.69, 9.17) is 9.47 Å². The molecule has 2 aromatic rings. The number of nitrogens with one attached hydrogen (secondary N) is 2. The molecule has 0 atom stereocenters. The fourth-order valence-corrected chi connectivity index (χ4v) is 3.31. The summed E-state index contributed by atoms with van der Waals surface area (Å²) in [6.07, 6.45) is 0. The molecule has 0 aliphatic rings. The van der Waals surface area contributed by atoms with Crippen LogP contribution in [-0.2, 0) is 6.54 Å². The van der Waals surface area contributed by atoms with Crippen LogP contribution in [0.3, 0.4) is 0 Å². The number of carbonyl (C=O) groups excluding carboxylic acids is 2. The van der Waals surface area contributed by atoms with Gasteiger partial charge in [0.2, 0.25) is 0 Å². The van der Waals surface area contributed by atoms with E-state index in [0.717, 1.165) is 0 Å². The number of aromatic nitrogens is 1. The van der Waals surface area contributed by atoms with Crippen LogP contribution in [0.15, 0.2) is 23.6 Å². The normalized spacial score (nSPS) is 10.8. The lowest BCUT2D eigenvalue weighted by atomic mass is 10.2. The summed E-state index contributed by atoms with van der Waals surface area (Å²) >= 11 is 1.35. The first-order chi connectivity index (χ1) is 13.7. The molecule has 8 nitrogen and oxygen atoms in total. The second kappa shape index (κ2) is 10.1. The highest BCUT2D eigenvalue weighted by atomic mass is 32.1.